The molecule has 5 N–H and O–H groups in total. The minimum Gasteiger partial charge on any atom is -0.399 e. The molecule has 0 radical (unpaired) electrons. The fourth-order valence-corrected chi connectivity index (χ4v) is 4.49. The molecule has 36 heavy (non-hydrogen) atoms. The van der Waals surface area contributed by atoms with Gasteiger partial charge in [-0.1, -0.05) is 32.1 Å². The standard InChI is InChI=1S/C18H17N3.C8H13N5.C2H6/c1-11-2-3-12-4-5-13(8-15(11)12)16-9-14(19)10-17-18(16)21-7-6-20-17;1-12-6-7(4-10-12)3-8-5-9-11-13(8)2;1-2/h2,4-10,17,20H,3,19H2,1H3;4-6,9,11H,3H2,1-2H3;1-2H3. The molecule has 0 saturated heterocycles. The Morgan fingerprint density at radius 2 is 2.03 bits per heavy atom. The summed E-state index contributed by atoms with van der Waals surface area (Å²) in [5, 5.41) is 9.36. The largest absolute Gasteiger partial charge is 0.399 e. The maximum absolute atomic E-state index is 6.06. The average molecular weight is 485 g/mol. The second-order valence-electron chi connectivity index (χ2n) is 8.81. The lowest BCUT2D eigenvalue weighted by molar-refractivity contribution is 0.302. The minimum atomic E-state index is 0.0693. The number of rotatable bonds is 3. The van der Waals surface area contributed by atoms with Gasteiger partial charge in [-0.05, 0) is 59.4 Å². The molecule has 0 bridgehead atoms. The zero-order valence-electron chi connectivity index (χ0n) is 21.7. The molecule has 188 valence electrons. The van der Waals surface area contributed by atoms with Gasteiger partial charge in [0.1, 0.15) is 0 Å². The Hall–Kier alpha value is -4.04. The van der Waals surface area contributed by atoms with Crippen molar-refractivity contribution >= 4 is 16.9 Å². The number of aryl methyl sites for hydroxylation is 1. The van der Waals surface area contributed by atoms with Crippen molar-refractivity contribution in [2.24, 2.45) is 17.8 Å². The van der Waals surface area contributed by atoms with Crippen LogP contribution in [0.5, 0.6) is 0 Å². The van der Waals surface area contributed by atoms with E-state index in [-0.39, 0.29) is 6.04 Å². The van der Waals surface area contributed by atoms with Crippen LogP contribution in [0, 0.1) is 0 Å². The number of hydrogen-bond acceptors (Lipinski definition) is 7. The number of hydrazine groups is 2. The van der Waals surface area contributed by atoms with Crippen LogP contribution in [-0.4, -0.2) is 33.6 Å². The van der Waals surface area contributed by atoms with Crippen molar-refractivity contribution in [2.45, 2.75) is 39.7 Å². The van der Waals surface area contributed by atoms with Crippen LogP contribution in [0.15, 0.2) is 83.8 Å². The number of hydrogen-bond donors (Lipinski definition) is 4. The van der Waals surface area contributed by atoms with Gasteiger partial charge in [-0.25, -0.2) is 0 Å². The number of fused-ring (bicyclic) bond motifs is 2. The number of nitrogens with zero attached hydrogens (tertiary/aromatic N) is 4. The minimum absolute atomic E-state index is 0.0693. The van der Waals surface area contributed by atoms with Gasteiger partial charge >= 0.3 is 0 Å². The lowest BCUT2D eigenvalue weighted by atomic mass is 9.88. The molecular weight excluding hydrogens is 448 g/mol. The quantitative estimate of drug-likeness (QED) is 0.532. The normalized spacial score (nSPS) is 19.0. The molecule has 8 nitrogen and oxygen atoms in total. The Morgan fingerprint density at radius 3 is 2.75 bits per heavy atom. The Bertz CT molecular complexity index is 1290. The first-order valence-electron chi connectivity index (χ1n) is 12.4. The average Bonchev–Trinajstić information content (AvgIpc) is 3.61. The third-order valence-corrected chi connectivity index (χ3v) is 6.32. The van der Waals surface area contributed by atoms with Crippen LogP contribution in [0.4, 0.5) is 0 Å². The number of benzene rings is 1. The molecule has 8 heteroatoms. The Kier molecular flexibility index (Phi) is 7.75. The molecule has 4 aliphatic rings. The summed E-state index contributed by atoms with van der Waals surface area (Å²) < 4.78 is 1.81. The molecule has 0 amide bonds. The van der Waals surface area contributed by atoms with Gasteiger partial charge in [-0.15, -0.1) is 5.53 Å². The van der Waals surface area contributed by atoms with Crippen molar-refractivity contribution in [2.75, 3.05) is 7.05 Å². The van der Waals surface area contributed by atoms with Crippen molar-refractivity contribution in [1.29, 1.82) is 0 Å². The first-order valence-corrected chi connectivity index (χ1v) is 12.4. The third-order valence-electron chi connectivity index (χ3n) is 6.32. The number of likely N-dealkylation sites (N-methyl/N-ethyl adjacent to an activating group) is 1. The Morgan fingerprint density at radius 1 is 1.19 bits per heavy atom. The molecule has 0 saturated carbocycles. The molecule has 1 unspecified atom stereocenters. The van der Waals surface area contributed by atoms with E-state index in [1.54, 1.807) is 6.20 Å². The molecule has 3 heterocycles. The van der Waals surface area contributed by atoms with Crippen LogP contribution in [0.2, 0.25) is 0 Å². The fraction of sp³-hybridized carbons (Fsp3) is 0.286. The maximum atomic E-state index is 6.06. The van der Waals surface area contributed by atoms with Gasteiger partial charge in [-0.3, -0.25) is 14.7 Å². The van der Waals surface area contributed by atoms with Gasteiger partial charge in [0.15, 0.2) is 0 Å². The summed E-state index contributed by atoms with van der Waals surface area (Å²) in [7, 11) is 3.90. The smallest absolute Gasteiger partial charge is 0.0895 e. The van der Waals surface area contributed by atoms with Crippen LogP contribution in [0.25, 0.3) is 11.1 Å². The van der Waals surface area contributed by atoms with E-state index in [4.69, 9.17) is 5.73 Å². The van der Waals surface area contributed by atoms with Gasteiger partial charge in [-0.2, -0.15) is 5.10 Å². The Balaban J connectivity index is 0.000000175. The second-order valence-corrected chi connectivity index (χ2v) is 8.81. The van der Waals surface area contributed by atoms with Crippen LogP contribution in [0.1, 0.15) is 43.0 Å². The zero-order valence-corrected chi connectivity index (χ0v) is 21.7. The SMILES string of the molecule is CC.CC1=CCc2ccc(C3=CC(N)=CC4NC=CN=C34)cc21.CN1NNC=C1Cc1cnn(C)c1. The predicted molar refractivity (Wildman–Crippen MR) is 148 cm³/mol. The van der Waals surface area contributed by atoms with Gasteiger partial charge < -0.3 is 16.5 Å². The zero-order chi connectivity index (χ0) is 25.7. The number of allylic oxidation sites excluding steroid dienone is 4. The summed E-state index contributed by atoms with van der Waals surface area (Å²) in [4.78, 5) is 4.55. The Labute approximate surface area is 213 Å². The summed E-state index contributed by atoms with van der Waals surface area (Å²) in [6, 6.07) is 6.72. The van der Waals surface area contributed by atoms with Crippen LogP contribution >= 0.6 is 0 Å². The van der Waals surface area contributed by atoms with E-state index in [2.05, 4.69) is 57.6 Å². The van der Waals surface area contributed by atoms with Crippen molar-refractivity contribution in [3.8, 4) is 0 Å². The van der Waals surface area contributed by atoms with E-state index >= 15 is 0 Å². The van der Waals surface area contributed by atoms with E-state index in [1.165, 1.54) is 33.5 Å². The molecular formula is C28H36N8. The summed E-state index contributed by atoms with van der Waals surface area (Å²) in [6.45, 7) is 6.17. The van der Waals surface area contributed by atoms with Gasteiger partial charge in [0, 0.05) is 56.6 Å². The molecule has 0 spiro atoms. The summed E-state index contributed by atoms with van der Waals surface area (Å²) in [5.74, 6) is 0. The van der Waals surface area contributed by atoms with Crippen LogP contribution < -0.4 is 22.0 Å². The summed E-state index contributed by atoms with van der Waals surface area (Å²) in [6.07, 6.45) is 17.7. The molecule has 1 aromatic heterocycles. The molecule has 0 fully saturated rings. The van der Waals surface area contributed by atoms with Crippen molar-refractivity contribution < 1.29 is 0 Å². The van der Waals surface area contributed by atoms with E-state index in [0.717, 1.165) is 29.8 Å². The first-order chi connectivity index (χ1) is 17.5. The first kappa shape index (κ1) is 25.1. The van der Waals surface area contributed by atoms with E-state index in [9.17, 15) is 0 Å². The molecule has 2 aromatic rings. The highest BCUT2D eigenvalue weighted by Gasteiger charge is 2.24. The lowest BCUT2D eigenvalue weighted by Gasteiger charge is -2.25. The number of aliphatic imine (C=N–C) groups is 1. The number of nitrogens with one attached hydrogen (secondary N) is 3. The lowest BCUT2D eigenvalue weighted by Crippen LogP contribution is -2.37. The van der Waals surface area contributed by atoms with E-state index in [0.29, 0.717) is 0 Å². The van der Waals surface area contributed by atoms with E-state index < -0.39 is 0 Å². The summed E-state index contributed by atoms with van der Waals surface area (Å²) >= 11 is 0. The third kappa shape index (κ3) is 5.44. The number of aromatic nitrogens is 2. The van der Waals surface area contributed by atoms with Gasteiger partial charge in [0.25, 0.3) is 0 Å². The van der Waals surface area contributed by atoms with Gasteiger partial charge in [0.05, 0.1) is 23.6 Å². The predicted octanol–water partition coefficient (Wildman–Crippen LogP) is 3.55. The van der Waals surface area contributed by atoms with Crippen molar-refractivity contribution in [3.63, 3.8) is 0 Å². The monoisotopic (exact) mass is 484 g/mol. The molecule has 1 aromatic carbocycles. The molecule has 1 atom stereocenters. The molecule has 6 rings (SSSR count). The fourth-order valence-electron chi connectivity index (χ4n) is 4.49. The van der Waals surface area contributed by atoms with E-state index in [1.807, 2.05) is 74.6 Å². The second kappa shape index (κ2) is 11.1. The summed E-state index contributed by atoms with van der Waals surface area (Å²) in [5.41, 5.74) is 22.6. The molecule has 2 aliphatic heterocycles. The highest BCUT2D eigenvalue weighted by molar-refractivity contribution is 6.28. The maximum Gasteiger partial charge on any atom is 0.0895 e. The van der Waals surface area contributed by atoms with Gasteiger partial charge in [0.2, 0.25) is 0 Å². The van der Waals surface area contributed by atoms with Crippen LogP contribution in [-0.2, 0) is 19.9 Å². The number of nitrogens with two attached hydrogens (primary N) is 1. The highest BCUT2D eigenvalue weighted by atomic mass is 15.7. The highest BCUT2D eigenvalue weighted by Crippen LogP contribution is 2.32. The molecule has 2 aliphatic carbocycles. The van der Waals surface area contributed by atoms with Crippen LogP contribution in [0.3, 0.4) is 0 Å². The topological polar surface area (TPSA) is 95.5 Å². The van der Waals surface area contributed by atoms with Crippen molar-refractivity contribution in [3.05, 3.63) is 101 Å². The van der Waals surface area contributed by atoms with Crippen molar-refractivity contribution in [1.82, 2.24) is 31.1 Å².